The maximum atomic E-state index is 11.4. The molecule has 1 rings (SSSR count). The first-order valence-electron chi connectivity index (χ1n) is 5.47. The fourth-order valence-electron chi connectivity index (χ4n) is 2.16. The molecule has 0 aromatic carbocycles. The summed E-state index contributed by atoms with van der Waals surface area (Å²) in [6.07, 6.45) is 5.02. The second-order valence-corrected chi connectivity index (χ2v) is 4.48. The van der Waals surface area contributed by atoms with Crippen molar-refractivity contribution in [3.05, 3.63) is 0 Å². The van der Waals surface area contributed by atoms with Crippen LogP contribution in [0.3, 0.4) is 0 Å². The number of esters is 1. The summed E-state index contributed by atoms with van der Waals surface area (Å²) in [6, 6.07) is 0.268. The van der Waals surface area contributed by atoms with Gasteiger partial charge in [-0.2, -0.15) is 0 Å². The smallest absolute Gasteiger partial charge is 0.308 e. The number of hydrogen-bond acceptors (Lipinski definition) is 3. The SMILES string of the molecule is COC(=O)C1CCC(N)CCC(C)C1. The summed E-state index contributed by atoms with van der Waals surface area (Å²) in [5.41, 5.74) is 5.92. The Morgan fingerprint density at radius 1 is 1.29 bits per heavy atom. The number of carbonyl (C=O) groups excluding carboxylic acids is 1. The Morgan fingerprint density at radius 3 is 2.57 bits per heavy atom. The number of methoxy groups -OCH3 is 1. The van der Waals surface area contributed by atoms with Crippen LogP contribution in [0.2, 0.25) is 0 Å². The van der Waals surface area contributed by atoms with Crippen LogP contribution in [0, 0.1) is 11.8 Å². The summed E-state index contributed by atoms with van der Waals surface area (Å²) < 4.78 is 4.79. The van der Waals surface area contributed by atoms with Crippen molar-refractivity contribution in [1.82, 2.24) is 0 Å². The summed E-state index contributed by atoms with van der Waals surface area (Å²) in [5.74, 6) is 0.595. The lowest BCUT2D eigenvalue weighted by Gasteiger charge is -2.25. The van der Waals surface area contributed by atoms with E-state index in [-0.39, 0.29) is 17.9 Å². The molecule has 0 aromatic rings. The topological polar surface area (TPSA) is 52.3 Å². The van der Waals surface area contributed by atoms with Crippen molar-refractivity contribution >= 4 is 5.97 Å². The first-order chi connectivity index (χ1) is 6.63. The van der Waals surface area contributed by atoms with Gasteiger partial charge in [0.05, 0.1) is 13.0 Å². The minimum atomic E-state index is -0.0639. The Labute approximate surface area is 86.0 Å². The summed E-state index contributed by atoms with van der Waals surface area (Å²) in [6.45, 7) is 2.19. The van der Waals surface area contributed by atoms with Crippen LogP contribution in [0.1, 0.15) is 39.0 Å². The molecule has 3 nitrogen and oxygen atoms in total. The Bertz CT molecular complexity index is 194. The van der Waals surface area contributed by atoms with Crippen LogP contribution < -0.4 is 5.73 Å². The van der Waals surface area contributed by atoms with E-state index in [0.29, 0.717) is 5.92 Å². The molecule has 1 aliphatic carbocycles. The molecule has 0 radical (unpaired) electrons. The molecule has 1 aliphatic rings. The van der Waals surface area contributed by atoms with Gasteiger partial charge in [-0.05, 0) is 38.0 Å². The fraction of sp³-hybridized carbons (Fsp3) is 0.909. The number of rotatable bonds is 1. The van der Waals surface area contributed by atoms with Gasteiger partial charge in [0, 0.05) is 6.04 Å². The van der Waals surface area contributed by atoms with Gasteiger partial charge >= 0.3 is 5.97 Å². The lowest BCUT2D eigenvalue weighted by Crippen LogP contribution is -2.28. The van der Waals surface area contributed by atoms with Gasteiger partial charge < -0.3 is 10.5 Å². The monoisotopic (exact) mass is 199 g/mol. The lowest BCUT2D eigenvalue weighted by molar-refractivity contribution is -0.146. The predicted octanol–water partition coefficient (Wildman–Crippen LogP) is 1.70. The molecule has 1 saturated carbocycles. The standard InChI is InChI=1S/C11H21NO2/c1-8-3-5-10(12)6-4-9(7-8)11(13)14-2/h8-10H,3-7,12H2,1-2H3. The highest BCUT2D eigenvalue weighted by atomic mass is 16.5. The molecular formula is C11H21NO2. The summed E-state index contributed by atoms with van der Waals surface area (Å²) in [4.78, 5) is 11.4. The Kier molecular flexibility index (Phi) is 4.39. The normalized spacial score (nSPS) is 34.4. The minimum absolute atomic E-state index is 0.0639. The van der Waals surface area contributed by atoms with Crippen LogP contribution in [-0.4, -0.2) is 19.1 Å². The van der Waals surface area contributed by atoms with Gasteiger partial charge in [0.25, 0.3) is 0 Å². The zero-order chi connectivity index (χ0) is 10.6. The minimum Gasteiger partial charge on any atom is -0.469 e. The van der Waals surface area contributed by atoms with Crippen LogP contribution in [0.4, 0.5) is 0 Å². The van der Waals surface area contributed by atoms with E-state index in [2.05, 4.69) is 6.92 Å². The van der Waals surface area contributed by atoms with Crippen molar-refractivity contribution in [1.29, 1.82) is 0 Å². The molecule has 0 spiro atoms. The molecule has 0 heterocycles. The molecule has 2 N–H and O–H groups in total. The number of hydrogen-bond donors (Lipinski definition) is 1. The van der Waals surface area contributed by atoms with Crippen molar-refractivity contribution in [2.24, 2.45) is 17.6 Å². The molecule has 3 heteroatoms. The third-order valence-electron chi connectivity index (χ3n) is 3.14. The predicted molar refractivity (Wildman–Crippen MR) is 55.7 cm³/mol. The van der Waals surface area contributed by atoms with Crippen LogP contribution in [0.25, 0.3) is 0 Å². The van der Waals surface area contributed by atoms with E-state index in [4.69, 9.17) is 10.5 Å². The zero-order valence-electron chi connectivity index (χ0n) is 9.16. The average molecular weight is 199 g/mol. The first-order valence-corrected chi connectivity index (χ1v) is 5.47. The van der Waals surface area contributed by atoms with Crippen molar-refractivity contribution < 1.29 is 9.53 Å². The average Bonchev–Trinajstić information content (AvgIpc) is 2.17. The van der Waals surface area contributed by atoms with E-state index >= 15 is 0 Å². The molecule has 0 aliphatic heterocycles. The molecule has 0 aromatic heterocycles. The molecule has 0 saturated heterocycles. The summed E-state index contributed by atoms with van der Waals surface area (Å²) >= 11 is 0. The van der Waals surface area contributed by atoms with E-state index in [9.17, 15) is 4.79 Å². The van der Waals surface area contributed by atoms with E-state index in [1.165, 1.54) is 7.11 Å². The molecule has 0 amide bonds. The van der Waals surface area contributed by atoms with Gasteiger partial charge in [-0.3, -0.25) is 4.79 Å². The van der Waals surface area contributed by atoms with Crippen molar-refractivity contribution in [3.8, 4) is 0 Å². The highest BCUT2D eigenvalue weighted by Crippen LogP contribution is 2.26. The van der Waals surface area contributed by atoms with E-state index in [1.807, 2.05) is 0 Å². The maximum absolute atomic E-state index is 11.4. The number of carbonyl (C=O) groups is 1. The lowest BCUT2D eigenvalue weighted by atomic mass is 9.84. The largest absolute Gasteiger partial charge is 0.469 e. The number of ether oxygens (including phenoxy) is 1. The van der Waals surface area contributed by atoms with Gasteiger partial charge in [-0.15, -0.1) is 0 Å². The Balaban J connectivity index is 2.52. The zero-order valence-corrected chi connectivity index (χ0v) is 9.16. The second-order valence-electron chi connectivity index (χ2n) is 4.48. The maximum Gasteiger partial charge on any atom is 0.308 e. The molecule has 3 atom stereocenters. The molecule has 14 heavy (non-hydrogen) atoms. The Morgan fingerprint density at radius 2 is 1.93 bits per heavy atom. The Hall–Kier alpha value is -0.570. The fourth-order valence-corrected chi connectivity index (χ4v) is 2.16. The van der Waals surface area contributed by atoms with Crippen molar-refractivity contribution in [2.75, 3.05) is 7.11 Å². The van der Waals surface area contributed by atoms with Crippen LogP contribution in [0.5, 0.6) is 0 Å². The highest BCUT2D eigenvalue weighted by molar-refractivity contribution is 5.72. The third-order valence-corrected chi connectivity index (χ3v) is 3.14. The molecule has 0 bridgehead atoms. The van der Waals surface area contributed by atoms with Gasteiger partial charge in [0.1, 0.15) is 0 Å². The molecule has 3 unspecified atom stereocenters. The number of nitrogens with two attached hydrogens (primary N) is 1. The third kappa shape index (κ3) is 3.29. The van der Waals surface area contributed by atoms with E-state index in [1.54, 1.807) is 0 Å². The van der Waals surface area contributed by atoms with Crippen molar-refractivity contribution in [2.45, 2.75) is 45.1 Å². The highest BCUT2D eigenvalue weighted by Gasteiger charge is 2.24. The van der Waals surface area contributed by atoms with E-state index in [0.717, 1.165) is 32.1 Å². The quantitative estimate of drug-likeness (QED) is 0.654. The van der Waals surface area contributed by atoms with Gasteiger partial charge in [0.2, 0.25) is 0 Å². The van der Waals surface area contributed by atoms with Gasteiger partial charge in [0.15, 0.2) is 0 Å². The van der Waals surface area contributed by atoms with Gasteiger partial charge in [-0.1, -0.05) is 6.92 Å². The van der Waals surface area contributed by atoms with E-state index < -0.39 is 0 Å². The van der Waals surface area contributed by atoms with Crippen LogP contribution in [-0.2, 0) is 9.53 Å². The second kappa shape index (κ2) is 5.35. The molecular weight excluding hydrogens is 178 g/mol. The van der Waals surface area contributed by atoms with Crippen LogP contribution >= 0.6 is 0 Å². The van der Waals surface area contributed by atoms with Crippen LogP contribution in [0.15, 0.2) is 0 Å². The van der Waals surface area contributed by atoms with Gasteiger partial charge in [-0.25, -0.2) is 0 Å². The summed E-state index contributed by atoms with van der Waals surface area (Å²) in [5, 5.41) is 0. The first kappa shape index (κ1) is 11.5. The van der Waals surface area contributed by atoms with Crippen molar-refractivity contribution in [3.63, 3.8) is 0 Å². The molecule has 82 valence electrons. The summed E-state index contributed by atoms with van der Waals surface area (Å²) in [7, 11) is 1.46. The molecule has 1 fully saturated rings.